The summed E-state index contributed by atoms with van der Waals surface area (Å²) in [6.45, 7) is 9.93. The van der Waals surface area contributed by atoms with E-state index in [1.165, 1.54) is 6.92 Å². The monoisotopic (exact) mass is 615 g/mol. The van der Waals surface area contributed by atoms with Crippen LogP contribution in [0.3, 0.4) is 0 Å². The van der Waals surface area contributed by atoms with Gasteiger partial charge in [0.15, 0.2) is 12.2 Å². The van der Waals surface area contributed by atoms with Gasteiger partial charge in [0, 0.05) is 12.3 Å². The number of carbonyl (C=O) groups excluding carboxylic acids is 4. The first-order valence-corrected chi connectivity index (χ1v) is 14.7. The normalized spacial score (nSPS) is 20.8. The van der Waals surface area contributed by atoms with Crippen molar-refractivity contribution in [3.63, 3.8) is 0 Å². The summed E-state index contributed by atoms with van der Waals surface area (Å²) in [5, 5.41) is 2.92. The molecule has 45 heavy (non-hydrogen) atoms. The van der Waals surface area contributed by atoms with Crippen molar-refractivity contribution in [2.75, 3.05) is 6.61 Å². The quantitative estimate of drug-likeness (QED) is 0.189. The summed E-state index contributed by atoms with van der Waals surface area (Å²) in [6.07, 6.45) is -2.20. The Balaban J connectivity index is 0.000000821. The highest BCUT2D eigenvalue weighted by molar-refractivity contribution is 5.90. The van der Waals surface area contributed by atoms with Gasteiger partial charge in [0.1, 0.15) is 12.7 Å². The van der Waals surface area contributed by atoms with Crippen LogP contribution in [0.25, 0.3) is 0 Å². The molecule has 0 spiro atoms. The van der Waals surface area contributed by atoms with Gasteiger partial charge >= 0.3 is 17.9 Å². The molecule has 0 saturated carbocycles. The number of ether oxygens (including phenoxy) is 4. The van der Waals surface area contributed by atoms with Crippen LogP contribution in [0.2, 0.25) is 0 Å². The third-order valence-corrected chi connectivity index (χ3v) is 6.78. The fourth-order valence-electron chi connectivity index (χ4n) is 4.50. The average molecular weight is 616 g/mol. The van der Waals surface area contributed by atoms with Crippen LogP contribution < -0.4 is 5.32 Å². The molecular weight excluding hydrogens is 574 g/mol. The van der Waals surface area contributed by atoms with Crippen molar-refractivity contribution in [2.45, 2.75) is 64.6 Å². The zero-order chi connectivity index (χ0) is 32.8. The summed E-state index contributed by atoms with van der Waals surface area (Å²) in [5.41, 5.74) is -0.166. The molecule has 9 nitrogen and oxygen atoms in total. The van der Waals surface area contributed by atoms with Crippen molar-refractivity contribution in [3.8, 4) is 0 Å². The van der Waals surface area contributed by atoms with E-state index in [0.29, 0.717) is 5.56 Å². The summed E-state index contributed by atoms with van der Waals surface area (Å²) in [4.78, 5) is 51.0. The predicted octanol–water partition coefficient (Wildman–Crippen LogP) is 5.56. The zero-order valence-electron chi connectivity index (χ0n) is 26.1. The van der Waals surface area contributed by atoms with Crippen LogP contribution in [0.15, 0.2) is 110 Å². The van der Waals surface area contributed by atoms with E-state index in [1.807, 2.05) is 36.4 Å². The van der Waals surface area contributed by atoms with Crippen LogP contribution in [0, 0.1) is 5.41 Å². The third kappa shape index (κ3) is 10.7. The minimum absolute atomic E-state index is 0.266. The van der Waals surface area contributed by atoms with Crippen LogP contribution >= 0.6 is 0 Å². The summed E-state index contributed by atoms with van der Waals surface area (Å²) >= 11 is 0. The van der Waals surface area contributed by atoms with Crippen molar-refractivity contribution < 1.29 is 38.1 Å². The highest BCUT2D eigenvalue weighted by atomic mass is 16.6. The van der Waals surface area contributed by atoms with Crippen LogP contribution in [0.4, 0.5) is 0 Å². The summed E-state index contributed by atoms with van der Waals surface area (Å²) < 4.78 is 23.3. The van der Waals surface area contributed by atoms with Crippen molar-refractivity contribution >= 4 is 23.8 Å². The number of hydrogen-bond acceptors (Lipinski definition) is 8. The van der Waals surface area contributed by atoms with E-state index in [-0.39, 0.29) is 24.5 Å². The first kappa shape index (κ1) is 34.7. The SMILES string of the molecule is C=CCC1OC(COC(=O)c2ccccc2)C(OC(=O)c2ccccc2)C(OC(C)=O)C1NC(=O)C(C)(C)C.c1ccccc1. The van der Waals surface area contributed by atoms with Crippen LogP contribution in [0.5, 0.6) is 0 Å². The molecule has 0 aliphatic carbocycles. The van der Waals surface area contributed by atoms with E-state index < -0.39 is 53.8 Å². The highest BCUT2D eigenvalue weighted by Crippen LogP contribution is 2.30. The molecule has 9 heteroatoms. The predicted molar refractivity (Wildman–Crippen MR) is 169 cm³/mol. The Hall–Kier alpha value is -4.76. The van der Waals surface area contributed by atoms with Gasteiger partial charge in [-0.25, -0.2) is 9.59 Å². The van der Waals surface area contributed by atoms with Gasteiger partial charge in [-0.15, -0.1) is 6.58 Å². The third-order valence-electron chi connectivity index (χ3n) is 6.78. The Morgan fingerprint density at radius 2 is 1.24 bits per heavy atom. The second-order valence-electron chi connectivity index (χ2n) is 11.4. The zero-order valence-corrected chi connectivity index (χ0v) is 26.1. The van der Waals surface area contributed by atoms with E-state index in [2.05, 4.69) is 11.9 Å². The maximum Gasteiger partial charge on any atom is 0.338 e. The molecule has 1 aliphatic rings. The van der Waals surface area contributed by atoms with Gasteiger partial charge < -0.3 is 24.3 Å². The number of esters is 3. The highest BCUT2D eigenvalue weighted by Gasteiger charge is 2.51. The lowest BCUT2D eigenvalue weighted by atomic mass is 9.88. The van der Waals surface area contributed by atoms with Crippen molar-refractivity contribution in [1.29, 1.82) is 0 Å². The minimum Gasteiger partial charge on any atom is -0.459 e. The van der Waals surface area contributed by atoms with Gasteiger partial charge in [-0.3, -0.25) is 9.59 Å². The Morgan fingerprint density at radius 1 is 0.756 bits per heavy atom. The number of hydrogen-bond donors (Lipinski definition) is 1. The van der Waals surface area contributed by atoms with Crippen LogP contribution in [-0.4, -0.2) is 60.9 Å². The average Bonchev–Trinajstić information content (AvgIpc) is 3.04. The van der Waals surface area contributed by atoms with Crippen molar-refractivity contribution in [3.05, 3.63) is 121 Å². The molecule has 0 aromatic heterocycles. The lowest BCUT2D eigenvalue weighted by Crippen LogP contribution is -2.66. The van der Waals surface area contributed by atoms with Gasteiger partial charge in [0.05, 0.1) is 23.3 Å². The second kappa shape index (κ2) is 16.9. The van der Waals surface area contributed by atoms with Gasteiger partial charge in [0.2, 0.25) is 5.91 Å². The minimum atomic E-state index is -1.21. The maximum absolute atomic E-state index is 13.1. The first-order valence-electron chi connectivity index (χ1n) is 14.7. The number of nitrogens with one attached hydrogen (secondary N) is 1. The Bertz CT molecular complexity index is 1360. The van der Waals surface area contributed by atoms with Crippen molar-refractivity contribution in [2.24, 2.45) is 5.41 Å². The molecule has 1 saturated heterocycles. The molecule has 3 aromatic rings. The molecule has 0 radical (unpaired) electrons. The molecule has 1 heterocycles. The van der Waals surface area contributed by atoms with Crippen LogP contribution in [-0.2, 0) is 28.5 Å². The van der Waals surface area contributed by atoms with E-state index in [1.54, 1.807) is 87.5 Å². The number of carbonyl (C=O) groups is 4. The number of rotatable bonds is 9. The smallest absolute Gasteiger partial charge is 0.338 e. The fourth-order valence-corrected chi connectivity index (χ4v) is 4.50. The van der Waals surface area contributed by atoms with E-state index in [0.717, 1.165) is 0 Å². The standard InChI is InChI=1S/C30H35NO8.C6H6/c1-6-13-22-24(31-29(35)30(3,4)5)26(37-19(2)32)25(39-28(34)21-16-11-8-12-17-21)23(38-22)18-36-27(33)20-14-9-7-10-15-20;1-2-4-6-5-3-1/h6-12,14-17,22-26H,1,13,18H2,2-5H3,(H,31,35);1-6H. The largest absolute Gasteiger partial charge is 0.459 e. The maximum atomic E-state index is 13.1. The summed E-state index contributed by atoms with van der Waals surface area (Å²) in [6, 6.07) is 27.8. The second-order valence-corrected chi connectivity index (χ2v) is 11.4. The molecular formula is C36H41NO8. The molecule has 5 atom stereocenters. The Morgan fingerprint density at radius 3 is 1.71 bits per heavy atom. The molecule has 1 fully saturated rings. The molecule has 5 unspecified atom stereocenters. The Labute approximate surface area is 264 Å². The van der Waals surface area contributed by atoms with Crippen LogP contribution in [0.1, 0.15) is 54.8 Å². The van der Waals surface area contributed by atoms with Gasteiger partial charge in [0.25, 0.3) is 0 Å². The molecule has 1 N–H and O–H groups in total. The molecule has 3 aromatic carbocycles. The molecule has 4 rings (SSSR count). The van der Waals surface area contributed by atoms with E-state index in [4.69, 9.17) is 18.9 Å². The molecule has 1 aliphatic heterocycles. The topological polar surface area (TPSA) is 117 Å². The fraction of sp³-hybridized carbons (Fsp3) is 0.333. The molecule has 238 valence electrons. The number of benzene rings is 3. The van der Waals surface area contributed by atoms with Gasteiger partial charge in [-0.2, -0.15) is 0 Å². The number of amides is 1. The van der Waals surface area contributed by atoms with Gasteiger partial charge in [-0.05, 0) is 30.7 Å². The van der Waals surface area contributed by atoms with Gasteiger partial charge in [-0.1, -0.05) is 99.6 Å². The lowest BCUT2D eigenvalue weighted by Gasteiger charge is -2.46. The molecule has 1 amide bonds. The molecule has 0 bridgehead atoms. The Kier molecular flexibility index (Phi) is 13.1. The van der Waals surface area contributed by atoms with E-state index in [9.17, 15) is 19.2 Å². The lowest BCUT2D eigenvalue weighted by molar-refractivity contribution is -0.210. The summed E-state index contributed by atoms with van der Waals surface area (Å²) in [5.74, 6) is -2.25. The van der Waals surface area contributed by atoms with Crippen molar-refractivity contribution in [1.82, 2.24) is 5.32 Å². The van der Waals surface area contributed by atoms with E-state index >= 15 is 0 Å². The summed E-state index contributed by atoms with van der Waals surface area (Å²) in [7, 11) is 0. The first-order chi connectivity index (χ1) is 21.5.